The van der Waals surface area contributed by atoms with Crippen molar-refractivity contribution in [2.75, 3.05) is 12.3 Å². The molecule has 0 saturated heterocycles. The molecule has 0 atom stereocenters. The summed E-state index contributed by atoms with van der Waals surface area (Å²) in [6.45, 7) is 2.02. The van der Waals surface area contributed by atoms with Crippen LogP contribution < -0.4 is 5.73 Å². The predicted octanol–water partition coefficient (Wildman–Crippen LogP) is 1.51. The maximum atomic E-state index is 11.7. The number of aromatic nitrogens is 4. The molecule has 3 rings (SSSR count). The second-order valence-electron chi connectivity index (χ2n) is 4.15. The van der Waals surface area contributed by atoms with E-state index in [9.17, 15) is 4.79 Å². The van der Waals surface area contributed by atoms with Crippen molar-refractivity contribution < 1.29 is 9.53 Å². The maximum Gasteiger partial charge on any atom is 0.343 e. The maximum absolute atomic E-state index is 11.7. The van der Waals surface area contributed by atoms with Crippen molar-refractivity contribution in [3.63, 3.8) is 0 Å². The highest BCUT2D eigenvalue weighted by molar-refractivity contribution is 5.94. The van der Waals surface area contributed by atoms with E-state index >= 15 is 0 Å². The first kappa shape index (κ1) is 12.2. The molecule has 0 amide bonds. The molecule has 0 radical (unpaired) electrons. The highest BCUT2D eigenvalue weighted by Crippen LogP contribution is 2.18. The van der Waals surface area contributed by atoms with Crippen LogP contribution in [0.25, 0.3) is 17.0 Å². The number of anilines is 1. The summed E-state index contributed by atoms with van der Waals surface area (Å²) in [6.07, 6.45) is 1.38. The summed E-state index contributed by atoms with van der Waals surface area (Å²) in [5.41, 5.74) is 7.83. The van der Waals surface area contributed by atoms with Gasteiger partial charge in [0, 0.05) is 0 Å². The number of carbonyl (C=O) groups excluding carboxylic acids is 1. The lowest BCUT2D eigenvalue weighted by atomic mass is 10.3. The number of H-pyrrole nitrogens is 1. The molecule has 0 bridgehead atoms. The predicted molar refractivity (Wildman–Crippen MR) is 73.6 cm³/mol. The molecule has 7 nitrogen and oxygen atoms in total. The Morgan fingerprint density at radius 3 is 3.00 bits per heavy atom. The number of nitrogens with one attached hydrogen (secondary N) is 1. The second-order valence-corrected chi connectivity index (χ2v) is 4.15. The Kier molecular flexibility index (Phi) is 2.86. The normalized spacial score (nSPS) is 10.8. The third kappa shape index (κ3) is 1.89. The number of hydrogen-bond acceptors (Lipinski definition) is 5. The number of hydrogen-bond donors (Lipinski definition) is 2. The molecule has 0 aliphatic rings. The Bertz CT molecular complexity index is 741. The molecule has 7 heteroatoms. The molecule has 0 spiro atoms. The molecule has 102 valence electrons. The van der Waals surface area contributed by atoms with Gasteiger partial charge in [-0.25, -0.2) is 9.78 Å². The number of nitrogens with two attached hydrogens (primary N) is 1. The number of para-hydroxylation sites is 2. The quantitative estimate of drug-likeness (QED) is 0.703. The highest BCUT2D eigenvalue weighted by atomic mass is 16.5. The van der Waals surface area contributed by atoms with Crippen LogP contribution in [-0.4, -0.2) is 32.3 Å². The topological polar surface area (TPSA) is 98.8 Å². The van der Waals surface area contributed by atoms with Crippen molar-refractivity contribution in [2.24, 2.45) is 0 Å². The summed E-state index contributed by atoms with van der Waals surface area (Å²) < 4.78 is 6.30. The van der Waals surface area contributed by atoms with Crippen molar-refractivity contribution in [3.05, 3.63) is 36.0 Å². The minimum atomic E-state index is -0.493. The Labute approximate surface area is 114 Å². The van der Waals surface area contributed by atoms with Crippen LogP contribution in [-0.2, 0) is 4.74 Å². The lowest BCUT2D eigenvalue weighted by Crippen LogP contribution is -2.09. The van der Waals surface area contributed by atoms with Gasteiger partial charge in [0.05, 0.1) is 23.8 Å². The van der Waals surface area contributed by atoms with Gasteiger partial charge < -0.3 is 15.5 Å². The van der Waals surface area contributed by atoms with Crippen molar-refractivity contribution in [1.29, 1.82) is 0 Å². The van der Waals surface area contributed by atoms with E-state index in [1.54, 1.807) is 6.92 Å². The molecule has 2 heterocycles. The Morgan fingerprint density at radius 2 is 2.25 bits per heavy atom. The summed E-state index contributed by atoms with van der Waals surface area (Å²) in [5, 5.41) is 4.08. The zero-order valence-electron chi connectivity index (χ0n) is 10.8. The summed E-state index contributed by atoms with van der Waals surface area (Å²) in [7, 11) is 0. The van der Waals surface area contributed by atoms with Crippen LogP contribution in [0, 0.1) is 0 Å². The van der Waals surface area contributed by atoms with E-state index in [-0.39, 0.29) is 18.0 Å². The smallest absolute Gasteiger partial charge is 0.343 e. The molecule has 0 aliphatic carbocycles. The SMILES string of the molecule is CCOC(=O)c1cnn(-c2nc3ccccc3[nH]2)c1N. The zero-order chi connectivity index (χ0) is 14.1. The number of benzene rings is 1. The van der Waals surface area contributed by atoms with Gasteiger partial charge >= 0.3 is 5.97 Å². The zero-order valence-corrected chi connectivity index (χ0v) is 10.8. The molecule has 3 N–H and O–H groups in total. The number of fused-ring (bicyclic) bond motifs is 1. The number of aromatic amines is 1. The molecule has 0 saturated carbocycles. The van der Waals surface area contributed by atoms with E-state index in [1.165, 1.54) is 10.9 Å². The van der Waals surface area contributed by atoms with Crippen LogP contribution in [0.15, 0.2) is 30.5 Å². The Morgan fingerprint density at radius 1 is 1.45 bits per heavy atom. The van der Waals surface area contributed by atoms with Gasteiger partial charge in [-0.3, -0.25) is 0 Å². The van der Waals surface area contributed by atoms with Gasteiger partial charge in [-0.05, 0) is 19.1 Å². The average molecular weight is 271 g/mol. The van der Waals surface area contributed by atoms with Crippen LogP contribution in [0.2, 0.25) is 0 Å². The van der Waals surface area contributed by atoms with Gasteiger partial charge in [0.15, 0.2) is 0 Å². The van der Waals surface area contributed by atoms with Gasteiger partial charge in [-0.2, -0.15) is 9.78 Å². The Balaban J connectivity index is 2.04. The Hall–Kier alpha value is -2.83. The van der Waals surface area contributed by atoms with E-state index in [0.717, 1.165) is 11.0 Å². The minimum absolute atomic E-state index is 0.197. The fourth-order valence-corrected chi connectivity index (χ4v) is 1.93. The third-order valence-corrected chi connectivity index (χ3v) is 2.88. The average Bonchev–Trinajstić information content (AvgIpc) is 3.01. The summed E-state index contributed by atoms with van der Waals surface area (Å²) >= 11 is 0. The fourth-order valence-electron chi connectivity index (χ4n) is 1.93. The number of rotatable bonds is 3. The van der Waals surface area contributed by atoms with Gasteiger partial charge in [0.25, 0.3) is 0 Å². The minimum Gasteiger partial charge on any atom is -0.462 e. The van der Waals surface area contributed by atoms with E-state index in [1.807, 2.05) is 24.3 Å². The third-order valence-electron chi connectivity index (χ3n) is 2.88. The lowest BCUT2D eigenvalue weighted by molar-refractivity contribution is 0.0527. The molecule has 3 aromatic rings. The monoisotopic (exact) mass is 271 g/mol. The van der Waals surface area contributed by atoms with Gasteiger partial charge in [0.1, 0.15) is 11.4 Å². The number of esters is 1. The van der Waals surface area contributed by atoms with Crippen molar-refractivity contribution >= 4 is 22.8 Å². The molecule has 1 aromatic carbocycles. The van der Waals surface area contributed by atoms with Gasteiger partial charge in [-0.15, -0.1) is 0 Å². The first-order chi connectivity index (χ1) is 9.70. The number of imidazole rings is 1. The molecule has 0 aliphatic heterocycles. The van der Waals surface area contributed by atoms with Gasteiger partial charge in [0.2, 0.25) is 5.95 Å². The van der Waals surface area contributed by atoms with E-state index in [2.05, 4.69) is 15.1 Å². The first-order valence-electron chi connectivity index (χ1n) is 6.16. The lowest BCUT2D eigenvalue weighted by Gasteiger charge is -2.01. The molecule has 0 fully saturated rings. The number of ether oxygens (including phenoxy) is 1. The van der Waals surface area contributed by atoms with Crippen molar-refractivity contribution in [2.45, 2.75) is 6.92 Å². The van der Waals surface area contributed by atoms with Gasteiger partial charge in [-0.1, -0.05) is 12.1 Å². The first-order valence-corrected chi connectivity index (χ1v) is 6.16. The van der Waals surface area contributed by atoms with Crippen LogP contribution in [0.4, 0.5) is 5.82 Å². The van der Waals surface area contributed by atoms with Crippen LogP contribution in [0.5, 0.6) is 0 Å². The van der Waals surface area contributed by atoms with Crippen LogP contribution >= 0.6 is 0 Å². The van der Waals surface area contributed by atoms with Crippen LogP contribution in [0.1, 0.15) is 17.3 Å². The second kappa shape index (κ2) is 4.69. The molecule has 2 aromatic heterocycles. The number of nitrogens with zero attached hydrogens (tertiary/aromatic N) is 3. The molecule has 0 unspecified atom stereocenters. The molecule has 20 heavy (non-hydrogen) atoms. The van der Waals surface area contributed by atoms with E-state index in [4.69, 9.17) is 10.5 Å². The summed E-state index contributed by atoms with van der Waals surface area (Å²) in [4.78, 5) is 19.2. The van der Waals surface area contributed by atoms with Crippen molar-refractivity contribution in [3.8, 4) is 5.95 Å². The standard InChI is InChI=1S/C13H13N5O2/c1-2-20-12(19)8-7-15-18(11(8)14)13-16-9-5-3-4-6-10(9)17-13/h3-7H,2,14H2,1H3,(H,16,17). The largest absolute Gasteiger partial charge is 0.462 e. The highest BCUT2D eigenvalue weighted by Gasteiger charge is 2.18. The van der Waals surface area contributed by atoms with E-state index < -0.39 is 5.97 Å². The van der Waals surface area contributed by atoms with Crippen LogP contribution in [0.3, 0.4) is 0 Å². The van der Waals surface area contributed by atoms with E-state index in [0.29, 0.717) is 5.95 Å². The summed E-state index contributed by atoms with van der Waals surface area (Å²) in [6, 6.07) is 7.57. The molecular weight excluding hydrogens is 258 g/mol. The molecular formula is C13H13N5O2. The fraction of sp³-hybridized carbons (Fsp3) is 0.154. The number of nitrogen functional groups attached to an aromatic ring is 1. The number of carbonyl (C=O) groups is 1. The van der Waals surface area contributed by atoms with Crippen molar-refractivity contribution in [1.82, 2.24) is 19.7 Å². The summed E-state index contributed by atoms with van der Waals surface area (Å²) in [5.74, 6) is 0.161.